The highest BCUT2D eigenvalue weighted by Gasteiger charge is 2.25. The summed E-state index contributed by atoms with van der Waals surface area (Å²) in [6, 6.07) is 14.0. The Balaban J connectivity index is 1.56. The SMILES string of the molecule is CC(C(=O)NCC(O)c1ccccc1F)N1CCc2ccccc2C1. The van der Waals surface area contributed by atoms with Gasteiger partial charge in [-0.3, -0.25) is 9.69 Å². The third-order valence-electron chi connectivity index (χ3n) is 4.82. The molecule has 1 aliphatic rings. The van der Waals surface area contributed by atoms with Crippen molar-refractivity contribution in [3.63, 3.8) is 0 Å². The fourth-order valence-corrected chi connectivity index (χ4v) is 3.21. The molecule has 4 nitrogen and oxygen atoms in total. The molecule has 1 heterocycles. The van der Waals surface area contributed by atoms with Gasteiger partial charge < -0.3 is 10.4 Å². The van der Waals surface area contributed by atoms with E-state index in [-0.39, 0.29) is 24.1 Å². The van der Waals surface area contributed by atoms with Crippen molar-refractivity contribution in [3.8, 4) is 0 Å². The van der Waals surface area contributed by atoms with Gasteiger partial charge in [0.15, 0.2) is 0 Å². The summed E-state index contributed by atoms with van der Waals surface area (Å²) in [4.78, 5) is 14.5. The first-order valence-corrected chi connectivity index (χ1v) is 8.57. The molecule has 132 valence electrons. The number of halogens is 1. The molecule has 3 rings (SSSR count). The topological polar surface area (TPSA) is 52.6 Å². The zero-order valence-electron chi connectivity index (χ0n) is 14.3. The van der Waals surface area contributed by atoms with Crippen LogP contribution >= 0.6 is 0 Å². The fraction of sp³-hybridized carbons (Fsp3) is 0.350. The number of hydrogen-bond donors (Lipinski definition) is 2. The van der Waals surface area contributed by atoms with Gasteiger partial charge in [0, 0.05) is 25.2 Å². The average molecular weight is 342 g/mol. The number of aliphatic hydroxyl groups is 1. The molecular formula is C20H23FN2O2. The largest absolute Gasteiger partial charge is 0.386 e. The number of rotatable bonds is 5. The highest BCUT2D eigenvalue weighted by molar-refractivity contribution is 5.81. The van der Waals surface area contributed by atoms with E-state index < -0.39 is 11.9 Å². The minimum absolute atomic E-state index is 0.00542. The second-order valence-electron chi connectivity index (χ2n) is 6.45. The standard InChI is InChI=1S/C20H23FN2O2/c1-14(23-11-10-15-6-2-3-7-16(15)13-23)20(25)22-12-19(24)17-8-4-5-9-18(17)21/h2-9,14,19,24H,10-13H2,1H3,(H,22,25). The summed E-state index contributed by atoms with van der Waals surface area (Å²) in [5, 5.41) is 12.8. The quantitative estimate of drug-likeness (QED) is 0.877. The number of benzene rings is 2. The number of aliphatic hydroxyl groups excluding tert-OH is 1. The molecule has 2 unspecified atom stereocenters. The van der Waals surface area contributed by atoms with Gasteiger partial charge in [-0.1, -0.05) is 42.5 Å². The highest BCUT2D eigenvalue weighted by atomic mass is 19.1. The van der Waals surface area contributed by atoms with Crippen LogP contribution in [0.25, 0.3) is 0 Å². The van der Waals surface area contributed by atoms with Crippen molar-refractivity contribution in [2.45, 2.75) is 32.0 Å². The van der Waals surface area contributed by atoms with Crippen molar-refractivity contribution in [1.29, 1.82) is 0 Å². The van der Waals surface area contributed by atoms with E-state index in [0.717, 1.165) is 19.5 Å². The Bertz CT molecular complexity index is 750. The molecule has 1 aliphatic heterocycles. The van der Waals surface area contributed by atoms with E-state index in [9.17, 15) is 14.3 Å². The summed E-state index contributed by atoms with van der Waals surface area (Å²) in [6.45, 7) is 3.41. The Morgan fingerprint density at radius 3 is 2.64 bits per heavy atom. The van der Waals surface area contributed by atoms with Crippen LogP contribution in [-0.4, -0.2) is 35.0 Å². The number of carbonyl (C=O) groups is 1. The summed E-state index contributed by atoms with van der Waals surface area (Å²) in [5.41, 5.74) is 2.78. The zero-order chi connectivity index (χ0) is 17.8. The Labute approximate surface area is 147 Å². The van der Waals surface area contributed by atoms with Crippen molar-refractivity contribution < 1.29 is 14.3 Å². The summed E-state index contributed by atoms with van der Waals surface area (Å²) in [7, 11) is 0. The maximum absolute atomic E-state index is 13.7. The van der Waals surface area contributed by atoms with Crippen LogP contribution in [0.15, 0.2) is 48.5 Å². The van der Waals surface area contributed by atoms with Crippen molar-refractivity contribution in [1.82, 2.24) is 10.2 Å². The van der Waals surface area contributed by atoms with Crippen LogP contribution in [0, 0.1) is 5.82 Å². The zero-order valence-corrected chi connectivity index (χ0v) is 14.3. The Hall–Kier alpha value is -2.24. The minimum atomic E-state index is -1.06. The molecule has 0 saturated heterocycles. The number of carbonyl (C=O) groups excluding carboxylic acids is 1. The number of amides is 1. The van der Waals surface area contributed by atoms with Crippen LogP contribution in [0.2, 0.25) is 0 Å². The molecule has 0 saturated carbocycles. The van der Waals surface area contributed by atoms with E-state index in [1.165, 1.54) is 23.3 Å². The first-order chi connectivity index (χ1) is 12.1. The van der Waals surface area contributed by atoms with Gasteiger partial charge in [0.05, 0.1) is 12.1 Å². The van der Waals surface area contributed by atoms with Gasteiger partial charge in [-0.05, 0) is 30.5 Å². The molecular weight excluding hydrogens is 319 g/mol. The fourth-order valence-electron chi connectivity index (χ4n) is 3.21. The van der Waals surface area contributed by atoms with Crippen LogP contribution in [0.4, 0.5) is 4.39 Å². The normalized spacial score (nSPS) is 16.8. The average Bonchev–Trinajstić information content (AvgIpc) is 2.65. The third-order valence-corrected chi connectivity index (χ3v) is 4.82. The van der Waals surface area contributed by atoms with Crippen molar-refractivity contribution in [2.24, 2.45) is 0 Å². The molecule has 2 aromatic carbocycles. The molecule has 2 aromatic rings. The summed E-state index contributed by atoms with van der Waals surface area (Å²) in [5.74, 6) is -0.625. The molecule has 0 aromatic heterocycles. The van der Waals surface area contributed by atoms with Gasteiger partial charge >= 0.3 is 0 Å². The Morgan fingerprint density at radius 1 is 1.20 bits per heavy atom. The van der Waals surface area contributed by atoms with Crippen molar-refractivity contribution in [3.05, 3.63) is 71.0 Å². The number of nitrogens with one attached hydrogen (secondary N) is 1. The number of fused-ring (bicyclic) bond motifs is 1. The second kappa shape index (κ2) is 7.76. The van der Waals surface area contributed by atoms with Crippen LogP contribution in [0.5, 0.6) is 0 Å². The smallest absolute Gasteiger partial charge is 0.237 e. The van der Waals surface area contributed by atoms with E-state index in [1.54, 1.807) is 12.1 Å². The lowest BCUT2D eigenvalue weighted by molar-refractivity contribution is -0.126. The third kappa shape index (κ3) is 4.06. The molecule has 25 heavy (non-hydrogen) atoms. The molecule has 1 amide bonds. The van der Waals surface area contributed by atoms with Crippen LogP contribution in [0.1, 0.15) is 29.7 Å². The molecule has 0 spiro atoms. The maximum atomic E-state index is 13.7. The van der Waals surface area contributed by atoms with E-state index in [4.69, 9.17) is 0 Å². The summed E-state index contributed by atoms with van der Waals surface area (Å²) in [6.07, 6.45) is -0.134. The predicted molar refractivity (Wildman–Crippen MR) is 94.4 cm³/mol. The lowest BCUT2D eigenvalue weighted by Gasteiger charge is -2.33. The second-order valence-corrected chi connectivity index (χ2v) is 6.45. The lowest BCUT2D eigenvalue weighted by Crippen LogP contribution is -2.47. The van der Waals surface area contributed by atoms with E-state index in [2.05, 4.69) is 22.3 Å². The van der Waals surface area contributed by atoms with E-state index in [0.29, 0.717) is 0 Å². The first kappa shape index (κ1) is 17.6. The van der Waals surface area contributed by atoms with Gasteiger partial charge in [0.25, 0.3) is 0 Å². The Kier molecular flexibility index (Phi) is 5.46. The molecule has 0 aliphatic carbocycles. The molecule has 0 bridgehead atoms. The van der Waals surface area contributed by atoms with Crippen LogP contribution in [-0.2, 0) is 17.8 Å². The molecule has 0 fully saturated rings. The minimum Gasteiger partial charge on any atom is -0.386 e. The van der Waals surface area contributed by atoms with E-state index >= 15 is 0 Å². The molecule has 0 radical (unpaired) electrons. The van der Waals surface area contributed by atoms with Gasteiger partial charge in [0.1, 0.15) is 5.82 Å². The molecule has 2 atom stereocenters. The molecule has 2 N–H and O–H groups in total. The predicted octanol–water partition coefficient (Wildman–Crippen LogP) is 2.42. The van der Waals surface area contributed by atoms with Crippen LogP contribution in [0.3, 0.4) is 0 Å². The van der Waals surface area contributed by atoms with Crippen LogP contribution < -0.4 is 5.32 Å². The van der Waals surface area contributed by atoms with Gasteiger partial charge in [0.2, 0.25) is 5.91 Å². The highest BCUT2D eigenvalue weighted by Crippen LogP contribution is 2.20. The maximum Gasteiger partial charge on any atom is 0.237 e. The number of hydrogen-bond acceptors (Lipinski definition) is 3. The molecule has 5 heteroatoms. The van der Waals surface area contributed by atoms with Crippen molar-refractivity contribution in [2.75, 3.05) is 13.1 Å². The van der Waals surface area contributed by atoms with Crippen molar-refractivity contribution >= 4 is 5.91 Å². The monoisotopic (exact) mass is 342 g/mol. The van der Waals surface area contributed by atoms with Gasteiger partial charge in [-0.25, -0.2) is 4.39 Å². The van der Waals surface area contributed by atoms with Gasteiger partial charge in [-0.2, -0.15) is 0 Å². The summed E-state index contributed by atoms with van der Waals surface area (Å²) < 4.78 is 13.7. The summed E-state index contributed by atoms with van der Waals surface area (Å²) >= 11 is 0. The van der Waals surface area contributed by atoms with Gasteiger partial charge in [-0.15, -0.1) is 0 Å². The number of nitrogens with zero attached hydrogens (tertiary/aromatic N) is 1. The lowest BCUT2D eigenvalue weighted by atomic mass is 9.98. The first-order valence-electron chi connectivity index (χ1n) is 8.57. The Morgan fingerprint density at radius 2 is 1.88 bits per heavy atom. The van der Waals surface area contributed by atoms with E-state index in [1.807, 2.05) is 19.1 Å².